The molecule has 4 aliphatic carbocycles. The first-order valence-corrected chi connectivity index (χ1v) is 12.0. The van der Waals surface area contributed by atoms with Gasteiger partial charge < -0.3 is 14.6 Å². The lowest BCUT2D eigenvalue weighted by atomic mass is 9.44. The van der Waals surface area contributed by atoms with Crippen LogP contribution in [0.25, 0.3) is 0 Å². The van der Waals surface area contributed by atoms with Crippen molar-refractivity contribution in [2.24, 2.45) is 34.5 Å². The van der Waals surface area contributed by atoms with Crippen molar-refractivity contribution in [2.75, 3.05) is 6.61 Å². The molecular weight excluding hydrogens is 412 g/mol. The number of ketones is 2. The Hall–Kier alpha value is -1.76. The van der Waals surface area contributed by atoms with Crippen molar-refractivity contribution < 1.29 is 33.8 Å². The normalized spacial score (nSPS) is 45.3. The maximum atomic E-state index is 13.7. The topological polar surface area (TPSA) is 107 Å². The lowest BCUT2D eigenvalue weighted by Gasteiger charge is -2.60. The molecule has 4 rings (SSSR count). The number of hydrogen-bond donors (Lipinski definition) is 1. The highest BCUT2D eigenvalue weighted by molar-refractivity contribution is 5.93. The van der Waals surface area contributed by atoms with Crippen LogP contribution in [-0.4, -0.2) is 46.9 Å². The zero-order valence-corrected chi connectivity index (χ0v) is 19.6. The van der Waals surface area contributed by atoms with E-state index in [2.05, 4.69) is 6.92 Å². The van der Waals surface area contributed by atoms with Crippen molar-refractivity contribution in [3.8, 4) is 0 Å². The molecule has 0 aromatic heterocycles. The van der Waals surface area contributed by atoms with Crippen molar-refractivity contribution in [1.82, 2.24) is 0 Å². The number of esters is 2. The molecule has 1 N–H and O–H groups in total. The minimum Gasteiger partial charge on any atom is -0.463 e. The summed E-state index contributed by atoms with van der Waals surface area (Å²) < 4.78 is 10.4. The number of carbonyl (C=O) groups excluding carboxylic acids is 4. The molecule has 0 aromatic carbocycles. The largest absolute Gasteiger partial charge is 0.463 e. The van der Waals surface area contributed by atoms with E-state index in [-0.39, 0.29) is 47.4 Å². The Balaban J connectivity index is 1.57. The maximum absolute atomic E-state index is 13.7. The summed E-state index contributed by atoms with van der Waals surface area (Å²) in [5.41, 5.74) is -2.61. The van der Waals surface area contributed by atoms with E-state index in [0.29, 0.717) is 18.8 Å². The number of carbonyl (C=O) groups is 4. The number of fused-ring (bicyclic) bond motifs is 5. The Kier molecular flexibility index (Phi) is 5.80. The van der Waals surface area contributed by atoms with Crippen molar-refractivity contribution in [1.29, 1.82) is 0 Å². The van der Waals surface area contributed by atoms with Crippen LogP contribution in [0.1, 0.15) is 79.1 Å². The van der Waals surface area contributed by atoms with Crippen LogP contribution in [0.5, 0.6) is 0 Å². The maximum Gasteiger partial charge on any atom is 0.303 e. The quantitative estimate of drug-likeness (QED) is 0.659. The third-order valence-electron chi connectivity index (χ3n) is 9.66. The third-order valence-corrected chi connectivity index (χ3v) is 9.66. The highest BCUT2D eigenvalue weighted by atomic mass is 16.5. The molecule has 0 bridgehead atoms. The first kappa shape index (κ1) is 23.4. The van der Waals surface area contributed by atoms with Gasteiger partial charge in [-0.25, -0.2) is 0 Å². The van der Waals surface area contributed by atoms with Gasteiger partial charge in [-0.05, 0) is 68.1 Å². The first-order chi connectivity index (χ1) is 14.9. The predicted octanol–water partition coefficient (Wildman–Crippen LogP) is 3.00. The fraction of sp³-hybridized carbons (Fsp3) is 0.840. The summed E-state index contributed by atoms with van der Waals surface area (Å²) in [6.45, 7) is 6.34. The first-order valence-electron chi connectivity index (χ1n) is 12.0. The molecule has 32 heavy (non-hydrogen) atoms. The van der Waals surface area contributed by atoms with Crippen molar-refractivity contribution in [3.05, 3.63) is 0 Å². The van der Waals surface area contributed by atoms with Gasteiger partial charge in [0.05, 0.1) is 0 Å². The number of Topliss-reactive ketones (excluding diaryl/α,β-unsaturated/α-hetero) is 2. The molecule has 178 valence electrons. The van der Waals surface area contributed by atoms with Crippen LogP contribution in [0.2, 0.25) is 0 Å². The van der Waals surface area contributed by atoms with Crippen molar-refractivity contribution in [3.63, 3.8) is 0 Å². The Bertz CT molecular complexity index is 836. The summed E-state index contributed by atoms with van der Waals surface area (Å²) in [5.74, 6) is -0.677. The number of hydrogen-bond acceptors (Lipinski definition) is 7. The molecule has 8 atom stereocenters. The monoisotopic (exact) mass is 448 g/mol. The minimum absolute atomic E-state index is 0.0680. The Morgan fingerprint density at radius 2 is 1.75 bits per heavy atom. The average Bonchev–Trinajstić information content (AvgIpc) is 2.97. The predicted molar refractivity (Wildman–Crippen MR) is 114 cm³/mol. The van der Waals surface area contributed by atoms with Crippen LogP contribution in [0, 0.1) is 34.5 Å². The van der Waals surface area contributed by atoms with Gasteiger partial charge in [0.1, 0.15) is 17.5 Å². The second kappa shape index (κ2) is 7.93. The molecular formula is C25H36O7. The van der Waals surface area contributed by atoms with Gasteiger partial charge in [-0.1, -0.05) is 13.8 Å². The highest BCUT2D eigenvalue weighted by Crippen LogP contribution is 2.67. The molecule has 0 aromatic rings. The zero-order valence-electron chi connectivity index (χ0n) is 19.6. The van der Waals surface area contributed by atoms with Crippen LogP contribution in [0.4, 0.5) is 0 Å². The summed E-state index contributed by atoms with van der Waals surface area (Å²) in [4.78, 5) is 49.2. The van der Waals surface area contributed by atoms with E-state index >= 15 is 0 Å². The van der Waals surface area contributed by atoms with Gasteiger partial charge in [0.2, 0.25) is 5.78 Å². The van der Waals surface area contributed by atoms with Gasteiger partial charge in [0, 0.05) is 31.6 Å². The average molecular weight is 449 g/mol. The molecule has 0 heterocycles. The van der Waals surface area contributed by atoms with Crippen molar-refractivity contribution in [2.45, 2.75) is 90.8 Å². The summed E-state index contributed by atoms with van der Waals surface area (Å²) in [5, 5.41) is 11.5. The number of ether oxygens (including phenoxy) is 2. The van der Waals surface area contributed by atoms with Crippen LogP contribution >= 0.6 is 0 Å². The van der Waals surface area contributed by atoms with Crippen LogP contribution in [0.15, 0.2) is 0 Å². The molecule has 0 amide bonds. The fourth-order valence-corrected chi connectivity index (χ4v) is 8.12. The molecule has 4 aliphatic rings. The lowest BCUT2D eigenvalue weighted by Crippen LogP contribution is -2.62. The minimum atomic E-state index is -1.64. The lowest BCUT2D eigenvalue weighted by molar-refractivity contribution is -0.183. The standard InChI is InChI=1S/C25H36O7/c1-14(26)31-13-21(29)25(30)10-8-19-18-6-5-16-11-17(32-15(2)27)7-9-23(16,3)22(18)20(28)12-24(19,25)4/h16-19,22,30H,5-13H2,1-4H3/t16-,17-,18+,19+,22-,23+,24+,25+/m1/s1. The number of rotatable bonds is 4. The van der Waals surface area contributed by atoms with E-state index < -0.39 is 29.4 Å². The van der Waals surface area contributed by atoms with Crippen LogP contribution in [0.3, 0.4) is 0 Å². The molecule has 7 heteroatoms. The molecule has 0 aliphatic heterocycles. The summed E-state index contributed by atoms with van der Waals surface area (Å²) in [6.07, 6.45) is 5.39. The second-order valence-corrected chi connectivity index (χ2v) is 11.2. The summed E-state index contributed by atoms with van der Waals surface area (Å²) in [6, 6.07) is 0. The molecule has 4 saturated carbocycles. The number of aliphatic hydroxyl groups is 1. The summed E-state index contributed by atoms with van der Waals surface area (Å²) >= 11 is 0. The molecule has 0 spiro atoms. The van der Waals surface area contributed by atoms with E-state index in [4.69, 9.17) is 9.47 Å². The van der Waals surface area contributed by atoms with E-state index in [1.807, 2.05) is 6.92 Å². The van der Waals surface area contributed by atoms with Gasteiger partial charge in [0.15, 0.2) is 6.61 Å². The van der Waals surface area contributed by atoms with Gasteiger partial charge in [-0.15, -0.1) is 0 Å². The SMILES string of the molecule is CC(=O)OCC(=O)[C@@]1(O)CC[C@H]2[C@@H]3CC[C@@H]4C[C@H](OC(C)=O)CC[C@]4(C)[C@H]3C(=O)C[C@@]21C. The Morgan fingerprint density at radius 3 is 2.41 bits per heavy atom. The fourth-order valence-electron chi connectivity index (χ4n) is 8.12. The Labute approximate surface area is 189 Å². The van der Waals surface area contributed by atoms with Crippen LogP contribution < -0.4 is 0 Å². The third kappa shape index (κ3) is 3.42. The molecule has 7 nitrogen and oxygen atoms in total. The molecule has 0 radical (unpaired) electrons. The highest BCUT2D eigenvalue weighted by Gasteiger charge is 2.69. The van der Waals surface area contributed by atoms with E-state index in [0.717, 1.165) is 32.1 Å². The van der Waals surface area contributed by atoms with Crippen LogP contribution in [-0.2, 0) is 28.7 Å². The van der Waals surface area contributed by atoms with Gasteiger partial charge in [-0.3, -0.25) is 19.2 Å². The van der Waals surface area contributed by atoms with Gasteiger partial charge in [0.25, 0.3) is 0 Å². The van der Waals surface area contributed by atoms with Crippen molar-refractivity contribution >= 4 is 23.5 Å². The molecule has 0 saturated heterocycles. The van der Waals surface area contributed by atoms with E-state index in [9.17, 15) is 24.3 Å². The van der Waals surface area contributed by atoms with E-state index in [1.165, 1.54) is 13.8 Å². The smallest absolute Gasteiger partial charge is 0.303 e. The second-order valence-electron chi connectivity index (χ2n) is 11.2. The summed E-state index contributed by atoms with van der Waals surface area (Å²) in [7, 11) is 0. The van der Waals surface area contributed by atoms with Gasteiger partial charge in [-0.2, -0.15) is 0 Å². The van der Waals surface area contributed by atoms with Gasteiger partial charge >= 0.3 is 11.9 Å². The molecule has 0 unspecified atom stereocenters. The Morgan fingerprint density at radius 1 is 1.03 bits per heavy atom. The van der Waals surface area contributed by atoms with E-state index in [1.54, 1.807) is 0 Å². The zero-order chi connectivity index (χ0) is 23.5. The molecule has 4 fully saturated rings.